The third kappa shape index (κ3) is 5.40. The monoisotopic (exact) mass is 459 g/mol. The maximum atomic E-state index is 13.4. The van der Waals surface area contributed by atoms with Crippen molar-refractivity contribution in [1.82, 2.24) is 14.9 Å². The molecule has 1 aromatic heterocycles. The lowest BCUT2D eigenvalue weighted by atomic mass is 10.1. The number of halogens is 1. The molecule has 1 N–H and O–H groups in total. The topological polar surface area (TPSA) is 73.2 Å². The number of ether oxygens (including phenoxy) is 1. The summed E-state index contributed by atoms with van der Waals surface area (Å²) in [6, 6.07) is 10.6. The van der Waals surface area contributed by atoms with Gasteiger partial charge in [-0.05, 0) is 43.0 Å². The molecule has 31 heavy (non-hydrogen) atoms. The second kappa shape index (κ2) is 10.2. The lowest BCUT2D eigenvalue weighted by Gasteiger charge is -2.17. The van der Waals surface area contributed by atoms with Gasteiger partial charge in [-0.3, -0.25) is 14.2 Å². The van der Waals surface area contributed by atoms with Crippen molar-refractivity contribution in [1.29, 1.82) is 0 Å². The predicted molar refractivity (Wildman–Crippen MR) is 127 cm³/mol. The van der Waals surface area contributed by atoms with Gasteiger partial charge in [-0.25, -0.2) is 4.98 Å². The Balaban J connectivity index is 2.04. The molecule has 0 radical (unpaired) electrons. The Morgan fingerprint density at radius 1 is 1.29 bits per heavy atom. The van der Waals surface area contributed by atoms with Crippen molar-refractivity contribution in [2.45, 2.75) is 32.3 Å². The lowest BCUT2D eigenvalue weighted by Crippen LogP contribution is -2.28. The SMILES string of the molecule is COc1cc(Cl)c(C)cc1-n1c(SCC(=O)NCCC(C)C)nc2ccccc2c1=O. The molecule has 164 valence electrons. The fourth-order valence-corrected chi connectivity index (χ4v) is 4.08. The molecule has 1 amide bonds. The van der Waals surface area contributed by atoms with Crippen molar-refractivity contribution >= 4 is 40.2 Å². The Morgan fingerprint density at radius 3 is 2.74 bits per heavy atom. The molecule has 2 aromatic carbocycles. The number of benzene rings is 2. The molecule has 0 saturated heterocycles. The lowest BCUT2D eigenvalue weighted by molar-refractivity contribution is -0.118. The summed E-state index contributed by atoms with van der Waals surface area (Å²) in [6.07, 6.45) is 0.913. The minimum absolute atomic E-state index is 0.0983. The number of aryl methyl sites for hydroxylation is 1. The number of hydrogen-bond acceptors (Lipinski definition) is 5. The van der Waals surface area contributed by atoms with Crippen LogP contribution in [0, 0.1) is 12.8 Å². The van der Waals surface area contributed by atoms with Crippen molar-refractivity contribution < 1.29 is 9.53 Å². The highest BCUT2D eigenvalue weighted by Crippen LogP contribution is 2.31. The van der Waals surface area contributed by atoms with Gasteiger partial charge in [0.25, 0.3) is 5.56 Å². The molecule has 0 spiro atoms. The molecule has 0 bridgehead atoms. The minimum atomic E-state index is -0.228. The van der Waals surface area contributed by atoms with Crippen LogP contribution < -0.4 is 15.6 Å². The fourth-order valence-electron chi connectivity index (χ4n) is 3.09. The van der Waals surface area contributed by atoms with Crippen molar-refractivity contribution in [3.8, 4) is 11.4 Å². The van der Waals surface area contributed by atoms with Crippen LogP contribution in [0.25, 0.3) is 16.6 Å². The van der Waals surface area contributed by atoms with Gasteiger partial charge in [0.1, 0.15) is 5.75 Å². The number of aromatic nitrogens is 2. The smallest absolute Gasteiger partial charge is 0.266 e. The van der Waals surface area contributed by atoms with Gasteiger partial charge in [-0.1, -0.05) is 49.3 Å². The second-order valence-electron chi connectivity index (χ2n) is 7.65. The highest BCUT2D eigenvalue weighted by atomic mass is 35.5. The highest BCUT2D eigenvalue weighted by molar-refractivity contribution is 7.99. The number of para-hydroxylation sites is 1. The van der Waals surface area contributed by atoms with Gasteiger partial charge in [0.15, 0.2) is 5.16 Å². The fraction of sp³-hybridized carbons (Fsp3) is 0.348. The number of hydrogen-bond donors (Lipinski definition) is 1. The summed E-state index contributed by atoms with van der Waals surface area (Å²) in [6.45, 7) is 6.71. The van der Waals surface area contributed by atoms with E-state index < -0.39 is 0 Å². The zero-order chi connectivity index (χ0) is 22.5. The van der Waals surface area contributed by atoms with E-state index in [0.29, 0.717) is 45.0 Å². The zero-order valence-electron chi connectivity index (χ0n) is 18.1. The third-order valence-electron chi connectivity index (χ3n) is 4.82. The van der Waals surface area contributed by atoms with E-state index in [-0.39, 0.29) is 17.2 Å². The number of carbonyl (C=O) groups excluding carboxylic acids is 1. The van der Waals surface area contributed by atoms with E-state index in [1.807, 2.05) is 13.0 Å². The molecule has 3 rings (SSSR count). The molecule has 1 heterocycles. The molecular formula is C23H26ClN3O3S. The van der Waals surface area contributed by atoms with E-state index in [4.69, 9.17) is 16.3 Å². The van der Waals surface area contributed by atoms with Crippen LogP contribution in [0.4, 0.5) is 0 Å². The first-order valence-corrected chi connectivity index (χ1v) is 11.4. The summed E-state index contributed by atoms with van der Waals surface area (Å²) in [5.41, 5.74) is 1.69. The first-order chi connectivity index (χ1) is 14.8. The number of nitrogens with zero attached hydrogens (tertiary/aromatic N) is 2. The normalized spacial score (nSPS) is 11.2. The maximum Gasteiger partial charge on any atom is 0.266 e. The molecule has 0 atom stereocenters. The largest absolute Gasteiger partial charge is 0.495 e. The number of nitrogens with one attached hydrogen (secondary N) is 1. The Labute approximate surface area is 191 Å². The van der Waals surface area contributed by atoms with E-state index in [9.17, 15) is 9.59 Å². The van der Waals surface area contributed by atoms with Gasteiger partial charge in [-0.2, -0.15) is 0 Å². The molecule has 3 aromatic rings. The van der Waals surface area contributed by atoms with Gasteiger partial charge in [0.2, 0.25) is 5.91 Å². The minimum Gasteiger partial charge on any atom is -0.495 e. The molecule has 0 fully saturated rings. The van der Waals surface area contributed by atoms with Crippen molar-refractivity contribution in [2.75, 3.05) is 19.4 Å². The molecule has 0 aliphatic carbocycles. The van der Waals surface area contributed by atoms with Crippen LogP contribution >= 0.6 is 23.4 Å². The first-order valence-electron chi connectivity index (χ1n) is 10.1. The Morgan fingerprint density at radius 2 is 2.03 bits per heavy atom. The summed E-state index contributed by atoms with van der Waals surface area (Å²) in [7, 11) is 1.53. The number of thioether (sulfide) groups is 1. The van der Waals surface area contributed by atoms with Crippen LogP contribution in [0.5, 0.6) is 5.75 Å². The van der Waals surface area contributed by atoms with Crippen LogP contribution in [0.1, 0.15) is 25.8 Å². The Kier molecular flexibility index (Phi) is 7.62. The van der Waals surface area contributed by atoms with E-state index in [0.717, 1.165) is 12.0 Å². The van der Waals surface area contributed by atoms with E-state index in [1.54, 1.807) is 30.3 Å². The van der Waals surface area contributed by atoms with E-state index in [1.165, 1.54) is 23.4 Å². The molecule has 0 unspecified atom stereocenters. The van der Waals surface area contributed by atoms with E-state index in [2.05, 4.69) is 24.1 Å². The van der Waals surface area contributed by atoms with Crippen LogP contribution in [-0.2, 0) is 4.79 Å². The molecule has 8 heteroatoms. The van der Waals surface area contributed by atoms with Crippen LogP contribution in [0.3, 0.4) is 0 Å². The summed E-state index contributed by atoms with van der Waals surface area (Å²) in [5.74, 6) is 1.02. The molecule has 0 aliphatic rings. The number of amides is 1. The standard InChI is InChI=1S/C23H26ClN3O3S/c1-14(2)9-10-25-21(28)13-31-23-26-18-8-6-5-7-16(18)22(29)27(23)19-11-15(3)17(24)12-20(19)30-4/h5-8,11-12,14H,9-10,13H2,1-4H3,(H,25,28). The molecular weight excluding hydrogens is 434 g/mol. The van der Waals surface area contributed by atoms with Gasteiger partial charge >= 0.3 is 0 Å². The van der Waals surface area contributed by atoms with Crippen molar-refractivity contribution in [3.05, 3.63) is 57.3 Å². The van der Waals surface area contributed by atoms with Gasteiger partial charge in [0, 0.05) is 17.6 Å². The zero-order valence-corrected chi connectivity index (χ0v) is 19.6. The highest BCUT2D eigenvalue weighted by Gasteiger charge is 2.18. The summed E-state index contributed by atoms with van der Waals surface area (Å²) in [4.78, 5) is 30.4. The predicted octanol–water partition coefficient (Wildman–Crippen LogP) is 4.61. The number of fused-ring (bicyclic) bond motifs is 1. The van der Waals surface area contributed by atoms with Crippen molar-refractivity contribution in [3.63, 3.8) is 0 Å². The Bertz CT molecular complexity index is 1160. The average molecular weight is 460 g/mol. The Hall–Kier alpha value is -2.51. The van der Waals surface area contributed by atoms with Crippen LogP contribution in [0.2, 0.25) is 5.02 Å². The van der Waals surface area contributed by atoms with Crippen LogP contribution in [-0.4, -0.2) is 34.9 Å². The van der Waals surface area contributed by atoms with Gasteiger partial charge < -0.3 is 10.1 Å². The maximum absolute atomic E-state index is 13.4. The van der Waals surface area contributed by atoms with Crippen LogP contribution in [0.15, 0.2) is 46.3 Å². The average Bonchev–Trinajstić information content (AvgIpc) is 2.74. The molecule has 0 aliphatic heterocycles. The second-order valence-corrected chi connectivity index (χ2v) is 9.00. The van der Waals surface area contributed by atoms with E-state index >= 15 is 0 Å². The molecule has 6 nitrogen and oxygen atoms in total. The van der Waals surface area contributed by atoms with Gasteiger partial charge in [0.05, 0.1) is 29.5 Å². The van der Waals surface area contributed by atoms with Gasteiger partial charge in [-0.15, -0.1) is 0 Å². The van der Waals surface area contributed by atoms with Crippen molar-refractivity contribution in [2.24, 2.45) is 5.92 Å². The summed E-state index contributed by atoms with van der Waals surface area (Å²) in [5, 5.41) is 4.37. The number of methoxy groups -OCH3 is 1. The quantitative estimate of drug-likeness (QED) is 0.393. The summed E-state index contributed by atoms with van der Waals surface area (Å²) >= 11 is 7.48. The first kappa shape index (κ1) is 23.2. The summed E-state index contributed by atoms with van der Waals surface area (Å²) < 4.78 is 6.99. The number of carbonyl (C=O) groups is 1. The molecule has 0 saturated carbocycles. The third-order valence-corrected chi connectivity index (χ3v) is 6.17. The number of rotatable bonds is 8.